The van der Waals surface area contributed by atoms with Gasteiger partial charge in [0.1, 0.15) is 23.5 Å². The number of nitrogens with one attached hydrogen (secondary N) is 1. The number of nitrogens with zero attached hydrogens (tertiary/aromatic N) is 2. The molecule has 2 saturated heterocycles. The van der Waals surface area contributed by atoms with Crippen molar-refractivity contribution in [1.82, 2.24) is 9.62 Å². The lowest BCUT2D eigenvalue weighted by Crippen LogP contribution is -2.59. The first-order valence-electron chi connectivity index (χ1n) is 11.7. The second-order valence-electron chi connectivity index (χ2n) is 9.83. The van der Waals surface area contributed by atoms with Gasteiger partial charge in [0, 0.05) is 35.5 Å². The van der Waals surface area contributed by atoms with Gasteiger partial charge in [-0.25, -0.2) is 30.7 Å². The Morgan fingerprint density at radius 3 is 2.49 bits per heavy atom. The van der Waals surface area contributed by atoms with Crippen LogP contribution in [0, 0.1) is 34.2 Å². The number of hydrogen-bond acceptors (Lipinski definition) is 5. The van der Waals surface area contributed by atoms with E-state index in [0.29, 0.717) is 12.8 Å². The SMILES string of the molecule is N#C[C@@]1(C(=O)N2CC3(CC3)[C@H](NS(=O)(=O)CF)[C@@H]2Cc2cccc(-c3cc(F)ccc3F)c2F)CCO1. The zero-order chi connectivity index (χ0) is 26.6. The highest BCUT2D eigenvalue weighted by Crippen LogP contribution is 2.56. The van der Waals surface area contributed by atoms with Crippen LogP contribution in [0.15, 0.2) is 36.4 Å². The van der Waals surface area contributed by atoms with Gasteiger partial charge in [0.25, 0.3) is 5.91 Å². The molecule has 3 atom stereocenters. The Morgan fingerprint density at radius 2 is 1.89 bits per heavy atom. The third-order valence-corrected chi connectivity index (χ3v) is 8.49. The van der Waals surface area contributed by atoms with Crippen molar-refractivity contribution in [2.24, 2.45) is 5.41 Å². The number of ether oxygens (including phenoxy) is 1. The van der Waals surface area contributed by atoms with Gasteiger partial charge >= 0.3 is 0 Å². The molecule has 2 aromatic rings. The van der Waals surface area contributed by atoms with E-state index >= 15 is 4.39 Å². The molecule has 0 radical (unpaired) electrons. The quantitative estimate of drug-likeness (QED) is 0.547. The third-order valence-electron chi connectivity index (χ3n) is 7.59. The lowest BCUT2D eigenvalue weighted by atomic mass is 9.90. The fraction of sp³-hybridized carbons (Fsp3) is 0.440. The molecule has 3 aliphatic rings. The van der Waals surface area contributed by atoms with E-state index in [4.69, 9.17) is 4.74 Å². The van der Waals surface area contributed by atoms with Crippen molar-refractivity contribution in [2.75, 3.05) is 19.2 Å². The van der Waals surface area contributed by atoms with Gasteiger partial charge in [-0.1, -0.05) is 18.2 Å². The highest BCUT2D eigenvalue weighted by molar-refractivity contribution is 7.89. The monoisotopic (exact) mass is 537 g/mol. The fourth-order valence-electron chi connectivity index (χ4n) is 5.37. The van der Waals surface area contributed by atoms with Crippen LogP contribution in [0.5, 0.6) is 0 Å². The van der Waals surface area contributed by atoms with Crippen molar-refractivity contribution in [2.45, 2.75) is 43.4 Å². The Labute approximate surface area is 211 Å². The maximum atomic E-state index is 15.7. The number of alkyl halides is 1. The maximum absolute atomic E-state index is 15.7. The molecule has 0 unspecified atom stereocenters. The summed E-state index contributed by atoms with van der Waals surface area (Å²) >= 11 is 0. The fourth-order valence-corrected chi connectivity index (χ4v) is 6.23. The number of carbonyl (C=O) groups excluding carboxylic acids is 1. The van der Waals surface area contributed by atoms with Crippen LogP contribution in [0.1, 0.15) is 24.8 Å². The largest absolute Gasteiger partial charge is 0.352 e. The Balaban J connectivity index is 1.55. The molecule has 7 nitrogen and oxygen atoms in total. The van der Waals surface area contributed by atoms with Crippen LogP contribution in [0.3, 0.4) is 0 Å². The Morgan fingerprint density at radius 1 is 1.16 bits per heavy atom. The zero-order valence-corrected chi connectivity index (χ0v) is 20.3. The molecule has 1 saturated carbocycles. The smallest absolute Gasteiger partial charge is 0.270 e. The second-order valence-corrected chi connectivity index (χ2v) is 11.5. The molecule has 1 amide bonds. The summed E-state index contributed by atoms with van der Waals surface area (Å²) in [5.74, 6) is -3.11. The highest BCUT2D eigenvalue weighted by atomic mass is 32.2. The minimum absolute atomic E-state index is 0.0200. The summed E-state index contributed by atoms with van der Waals surface area (Å²) in [6.45, 7) is 0.291. The number of hydrogen-bond donors (Lipinski definition) is 1. The molecule has 0 aromatic heterocycles. The molecule has 37 heavy (non-hydrogen) atoms. The van der Waals surface area contributed by atoms with Gasteiger partial charge in [-0.15, -0.1) is 0 Å². The highest BCUT2D eigenvalue weighted by Gasteiger charge is 2.64. The number of benzene rings is 2. The molecule has 1 N–H and O–H groups in total. The van der Waals surface area contributed by atoms with Gasteiger partial charge in [0.05, 0.1) is 12.6 Å². The molecule has 2 aliphatic heterocycles. The first-order valence-corrected chi connectivity index (χ1v) is 13.3. The predicted octanol–water partition coefficient (Wildman–Crippen LogP) is 3.20. The molecule has 12 heteroatoms. The first-order chi connectivity index (χ1) is 17.5. The lowest BCUT2D eigenvalue weighted by Gasteiger charge is -2.39. The maximum Gasteiger partial charge on any atom is 0.270 e. The van der Waals surface area contributed by atoms with E-state index in [1.54, 1.807) is 0 Å². The predicted molar refractivity (Wildman–Crippen MR) is 123 cm³/mol. The number of halogens is 4. The summed E-state index contributed by atoms with van der Waals surface area (Å²) in [5, 5.41) is 9.62. The molecular weight excluding hydrogens is 514 g/mol. The summed E-state index contributed by atoms with van der Waals surface area (Å²) < 4.78 is 89.3. The average Bonchev–Trinajstić information content (AvgIpc) is 3.57. The Kier molecular flexibility index (Phi) is 6.29. The topological polar surface area (TPSA) is 99.5 Å². The summed E-state index contributed by atoms with van der Waals surface area (Å²) in [7, 11) is -4.35. The van der Waals surface area contributed by atoms with E-state index in [9.17, 15) is 31.6 Å². The van der Waals surface area contributed by atoms with Crippen molar-refractivity contribution >= 4 is 15.9 Å². The van der Waals surface area contributed by atoms with Crippen molar-refractivity contribution in [3.05, 3.63) is 59.4 Å². The minimum Gasteiger partial charge on any atom is -0.352 e. The minimum atomic E-state index is -4.35. The van der Waals surface area contributed by atoms with Gasteiger partial charge in [-0.3, -0.25) is 4.79 Å². The van der Waals surface area contributed by atoms with E-state index in [0.717, 1.165) is 18.2 Å². The van der Waals surface area contributed by atoms with Crippen LogP contribution >= 0.6 is 0 Å². The van der Waals surface area contributed by atoms with Crippen molar-refractivity contribution in [3.8, 4) is 17.2 Å². The van der Waals surface area contributed by atoms with Gasteiger partial charge in [0.15, 0.2) is 0 Å². The lowest BCUT2D eigenvalue weighted by molar-refractivity contribution is -0.172. The molecular formula is C25H23F4N3O4S. The molecule has 2 heterocycles. The number of amides is 1. The van der Waals surface area contributed by atoms with Crippen molar-refractivity contribution < 1.29 is 35.5 Å². The standard InChI is InChI=1S/C25H23F4N3O4S/c26-14-37(34,35)31-22-20(32(13-24(22)6-7-24)23(33)25(12-30)8-9-36-25)10-15-2-1-3-17(21(15)29)18-11-16(27)4-5-19(18)28/h1-5,11,20,22,31H,6-10,13-14H2/t20-,22+,25+/m0/s1. The van der Waals surface area contributed by atoms with Crippen molar-refractivity contribution in [3.63, 3.8) is 0 Å². The second kappa shape index (κ2) is 9.08. The summed E-state index contributed by atoms with van der Waals surface area (Å²) in [5.41, 5.74) is -2.88. The molecule has 3 fully saturated rings. The normalized spacial score (nSPS) is 26.1. The number of nitriles is 1. The summed E-state index contributed by atoms with van der Waals surface area (Å²) in [6, 6.07) is 5.08. The van der Waals surface area contributed by atoms with Gasteiger partial charge < -0.3 is 9.64 Å². The molecule has 1 aliphatic carbocycles. The zero-order valence-electron chi connectivity index (χ0n) is 19.5. The molecule has 1 spiro atoms. The van der Waals surface area contributed by atoms with Gasteiger partial charge in [-0.2, -0.15) is 5.26 Å². The van der Waals surface area contributed by atoms with Crippen LogP contribution in [-0.4, -0.2) is 56.1 Å². The van der Waals surface area contributed by atoms with Crippen molar-refractivity contribution in [1.29, 1.82) is 5.26 Å². The molecule has 196 valence electrons. The van der Waals surface area contributed by atoms with Crippen LogP contribution in [0.25, 0.3) is 11.1 Å². The van der Waals surface area contributed by atoms with Crippen LogP contribution < -0.4 is 4.72 Å². The van der Waals surface area contributed by atoms with Crippen LogP contribution in [0.2, 0.25) is 0 Å². The molecule has 5 rings (SSSR count). The third kappa shape index (κ3) is 4.39. The number of carbonyl (C=O) groups is 1. The van der Waals surface area contributed by atoms with E-state index in [1.165, 1.54) is 23.1 Å². The first kappa shape index (κ1) is 25.6. The Hall–Kier alpha value is -3.01. The van der Waals surface area contributed by atoms with E-state index < -0.39 is 62.5 Å². The molecule has 0 bridgehead atoms. The summed E-state index contributed by atoms with van der Waals surface area (Å²) in [6.07, 6.45) is 1.03. The van der Waals surface area contributed by atoms with E-state index in [-0.39, 0.29) is 42.7 Å². The van der Waals surface area contributed by atoms with E-state index in [2.05, 4.69) is 4.72 Å². The van der Waals surface area contributed by atoms with E-state index in [1.807, 2.05) is 6.07 Å². The molecule has 2 aromatic carbocycles. The average molecular weight is 538 g/mol. The Bertz CT molecular complexity index is 1400. The van der Waals surface area contributed by atoms with Gasteiger partial charge in [-0.05, 0) is 43.0 Å². The number of rotatable bonds is 7. The van der Waals surface area contributed by atoms with Gasteiger partial charge in [0.2, 0.25) is 21.6 Å². The number of sulfonamides is 1. The summed E-state index contributed by atoms with van der Waals surface area (Å²) in [4.78, 5) is 14.8. The van der Waals surface area contributed by atoms with Crippen LogP contribution in [0.4, 0.5) is 17.6 Å². The van der Waals surface area contributed by atoms with Crippen LogP contribution in [-0.2, 0) is 26.0 Å². The number of likely N-dealkylation sites (tertiary alicyclic amines) is 1.